The van der Waals surface area contributed by atoms with Gasteiger partial charge >= 0.3 is 0 Å². The van der Waals surface area contributed by atoms with Gasteiger partial charge in [-0.25, -0.2) is 0 Å². The molecule has 1 aromatic rings. The van der Waals surface area contributed by atoms with Crippen molar-refractivity contribution in [2.24, 2.45) is 17.8 Å². The Morgan fingerprint density at radius 3 is 2.40 bits per heavy atom. The van der Waals surface area contributed by atoms with Crippen LogP contribution in [0.25, 0.3) is 0 Å². The number of benzene rings is 1. The molecule has 0 aliphatic heterocycles. The third-order valence-corrected chi connectivity index (χ3v) is 5.80. The minimum Gasteiger partial charge on any atom is -0.326 e. The molecule has 0 radical (unpaired) electrons. The number of anilines is 1. The monoisotopic (exact) mass is 341 g/mol. The van der Waals surface area contributed by atoms with Gasteiger partial charge in [0.25, 0.3) is 0 Å². The van der Waals surface area contributed by atoms with Crippen molar-refractivity contribution in [2.75, 3.05) is 5.32 Å². The Hall–Kier alpha value is -1.97. The highest BCUT2D eigenvalue weighted by Gasteiger charge is 2.32. The van der Waals surface area contributed by atoms with E-state index < -0.39 is 0 Å². The molecule has 1 aromatic carbocycles. The second kappa shape index (κ2) is 8.41. The number of rotatable bonds is 7. The molecule has 134 valence electrons. The highest BCUT2D eigenvalue weighted by Crippen LogP contribution is 2.36. The summed E-state index contributed by atoms with van der Waals surface area (Å²) in [4.78, 5) is 35.6. The lowest BCUT2D eigenvalue weighted by Gasteiger charge is -2.16. The van der Waals surface area contributed by atoms with Gasteiger partial charge in [0, 0.05) is 30.0 Å². The molecule has 4 nitrogen and oxygen atoms in total. The van der Waals surface area contributed by atoms with E-state index in [4.69, 9.17) is 0 Å². The quantitative estimate of drug-likeness (QED) is 0.591. The summed E-state index contributed by atoms with van der Waals surface area (Å²) >= 11 is 0. The summed E-state index contributed by atoms with van der Waals surface area (Å²) in [6.07, 6.45) is 9.64. The molecule has 0 spiro atoms. The smallest absolute Gasteiger partial charge is 0.224 e. The molecule has 0 aromatic heterocycles. The molecule has 0 saturated heterocycles. The van der Waals surface area contributed by atoms with Gasteiger partial charge in [0.15, 0.2) is 5.78 Å². The van der Waals surface area contributed by atoms with Crippen molar-refractivity contribution in [3.8, 4) is 0 Å². The van der Waals surface area contributed by atoms with Crippen LogP contribution >= 0.6 is 0 Å². The van der Waals surface area contributed by atoms with E-state index in [2.05, 4.69) is 5.32 Å². The molecule has 1 amide bonds. The van der Waals surface area contributed by atoms with Crippen LogP contribution in [0.1, 0.15) is 68.1 Å². The van der Waals surface area contributed by atoms with E-state index in [-0.39, 0.29) is 23.5 Å². The highest BCUT2D eigenvalue weighted by atomic mass is 16.1. The van der Waals surface area contributed by atoms with Crippen LogP contribution in [0.2, 0.25) is 0 Å². The predicted octanol–water partition coefficient (Wildman–Crippen LogP) is 4.39. The average Bonchev–Trinajstić information content (AvgIpc) is 3.27. The molecule has 3 rings (SSSR count). The van der Waals surface area contributed by atoms with Gasteiger partial charge in [0.05, 0.1) is 0 Å². The Morgan fingerprint density at radius 1 is 1.00 bits per heavy atom. The van der Waals surface area contributed by atoms with Crippen LogP contribution in [0.5, 0.6) is 0 Å². The van der Waals surface area contributed by atoms with Crippen LogP contribution in [0, 0.1) is 17.8 Å². The van der Waals surface area contributed by atoms with Gasteiger partial charge < -0.3 is 10.1 Å². The fraction of sp³-hybridized carbons (Fsp3) is 0.571. The molecule has 1 N–H and O–H groups in total. The van der Waals surface area contributed by atoms with Gasteiger partial charge in [-0.2, -0.15) is 0 Å². The zero-order chi connectivity index (χ0) is 17.6. The highest BCUT2D eigenvalue weighted by molar-refractivity contribution is 5.99. The van der Waals surface area contributed by atoms with Crippen LogP contribution in [0.3, 0.4) is 0 Å². The summed E-state index contributed by atoms with van der Waals surface area (Å²) in [5, 5.41) is 2.94. The lowest BCUT2D eigenvalue weighted by molar-refractivity contribution is -0.117. The zero-order valence-corrected chi connectivity index (χ0v) is 14.7. The maximum Gasteiger partial charge on any atom is 0.224 e. The molecule has 0 heterocycles. The molecule has 2 fully saturated rings. The zero-order valence-electron chi connectivity index (χ0n) is 14.7. The van der Waals surface area contributed by atoms with Gasteiger partial charge in [-0.15, -0.1) is 0 Å². The summed E-state index contributed by atoms with van der Waals surface area (Å²) in [6, 6.07) is 7.21. The van der Waals surface area contributed by atoms with E-state index in [9.17, 15) is 14.4 Å². The molecule has 2 aliphatic carbocycles. The van der Waals surface area contributed by atoms with E-state index in [0.717, 1.165) is 44.1 Å². The summed E-state index contributed by atoms with van der Waals surface area (Å²) in [5.74, 6) is 0.878. The molecule has 4 heteroatoms. The molecule has 2 unspecified atom stereocenters. The van der Waals surface area contributed by atoms with Crippen LogP contribution < -0.4 is 5.32 Å². The molecular weight excluding hydrogens is 314 g/mol. The number of Topliss-reactive ketones (excluding diaryl/α,β-unsaturated/α-hetero) is 1. The molecule has 2 atom stereocenters. The summed E-state index contributed by atoms with van der Waals surface area (Å²) in [6.45, 7) is 0. The Balaban J connectivity index is 1.56. The second-order valence-electron chi connectivity index (χ2n) is 7.54. The first-order chi connectivity index (χ1) is 12.2. The van der Waals surface area contributed by atoms with E-state index in [1.807, 2.05) is 12.1 Å². The van der Waals surface area contributed by atoms with E-state index in [0.29, 0.717) is 24.3 Å². The van der Waals surface area contributed by atoms with Gasteiger partial charge in [0.1, 0.15) is 6.29 Å². The van der Waals surface area contributed by atoms with Crippen molar-refractivity contribution in [3.63, 3.8) is 0 Å². The van der Waals surface area contributed by atoms with Crippen LogP contribution in [0.15, 0.2) is 24.3 Å². The van der Waals surface area contributed by atoms with Gasteiger partial charge in [-0.3, -0.25) is 9.59 Å². The Kier molecular flexibility index (Phi) is 6.00. The standard InChI is InChI=1S/C21H27NO3/c23-13-12-16-6-3-7-19(16)21(25)17-8-10-18(11-9-17)22-20(24)14-15-4-1-2-5-15/h8-11,13,15-16,19H,1-7,12,14H2,(H,22,24). The summed E-state index contributed by atoms with van der Waals surface area (Å²) in [5.41, 5.74) is 1.42. The molecule has 0 bridgehead atoms. The second-order valence-corrected chi connectivity index (χ2v) is 7.54. The Morgan fingerprint density at radius 2 is 1.72 bits per heavy atom. The van der Waals surface area contributed by atoms with Crippen molar-refractivity contribution in [1.82, 2.24) is 0 Å². The first-order valence-corrected chi connectivity index (χ1v) is 9.55. The number of carbonyl (C=O) groups excluding carboxylic acids is 3. The van der Waals surface area contributed by atoms with E-state index >= 15 is 0 Å². The van der Waals surface area contributed by atoms with E-state index in [1.165, 1.54) is 12.8 Å². The van der Waals surface area contributed by atoms with E-state index in [1.54, 1.807) is 12.1 Å². The molecule has 25 heavy (non-hydrogen) atoms. The first-order valence-electron chi connectivity index (χ1n) is 9.55. The largest absolute Gasteiger partial charge is 0.326 e. The topological polar surface area (TPSA) is 63.2 Å². The number of amides is 1. The normalized spacial score (nSPS) is 23.5. The number of nitrogens with one attached hydrogen (secondary N) is 1. The minimum absolute atomic E-state index is 0.0343. The number of ketones is 1. The van der Waals surface area contributed by atoms with Gasteiger partial charge in [-0.05, 0) is 61.8 Å². The maximum absolute atomic E-state index is 12.7. The molecule has 2 saturated carbocycles. The van der Waals surface area contributed by atoms with Crippen molar-refractivity contribution in [2.45, 2.75) is 57.8 Å². The van der Waals surface area contributed by atoms with Crippen molar-refractivity contribution in [1.29, 1.82) is 0 Å². The fourth-order valence-electron chi connectivity index (χ4n) is 4.41. The lowest BCUT2D eigenvalue weighted by atomic mass is 9.87. The third-order valence-electron chi connectivity index (χ3n) is 5.80. The third kappa shape index (κ3) is 4.56. The number of carbonyl (C=O) groups is 3. The number of hydrogen-bond donors (Lipinski definition) is 1. The lowest BCUT2D eigenvalue weighted by Crippen LogP contribution is -2.20. The average molecular weight is 341 g/mol. The first kappa shape index (κ1) is 17.8. The maximum atomic E-state index is 12.7. The summed E-state index contributed by atoms with van der Waals surface area (Å²) < 4.78 is 0. The van der Waals surface area contributed by atoms with Gasteiger partial charge in [0.2, 0.25) is 5.91 Å². The van der Waals surface area contributed by atoms with Crippen molar-refractivity contribution < 1.29 is 14.4 Å². The van der Waals surface area contributed by atoms with Crippen molar-refractivity contribution in [3.05, 3.63) is 29.8 Å². The van der Waals surface area contributed by atoms with Crippen LogP contribution in [-0.2, 0) is 9.59 Å². The minimum atomic E-state index is -0.0343. The van der Waals surface area contributed by atoms with Crippen LogP contribution in [0.4, 0.5) is 5.69 Å². The van der Waals surface area contributed by atoms with Crippen molar-refractivity contribution >= 4 is 23.7 Å². The number of hydrogen-bond acceptors (Lipinski definition) is 3. The SMILES string of the molecule is O=CCC1CCCC1C(=O)c1ccc(NC(=O)CC2CCCC2)cc1. The molecular formula is C21H27NO3. The number of aldehydes is 1. The van der Waals surface area contributed by atoms with Crippen LogP contribution in [-0.4, -0.2) is 18.0 Å². The fourth-order valence-corrected chi connectivity index (χ4v) is 4.41. The Labute approximate surface area is 149 Å². The predicted molar refractivity (Wildman–Crippen MR) is 97.5 cm³/mol. The Bertz CT molecular complexity index is 617. The molecule has 2 aliphatic rings. The van der Waals surface area contributed by atoms with Gasteiger partial charge in [-0.1, -0.05) is 19.3 Å². The summed E-state index contributed by atoms with van der Waals surface area (Å²) in [7, 11) is 0.